The monoisotopic (exact) mass is 209 g/mol. The number of hydrazine groups is 1. The highest BCUT2D eigenvalue weighted by molar-refractivity contribution is 5.43. The van der Waals surface area contributed by atoms with Crippen LogP contribution in [0.2, 0.25) is 0 Å². The maximum absolute atomic E-state index is 9.04. The van der Waals surface area contributed by atoms with Crippen LogP contribution in [0.15, 0.2) is 12.4 Å². The van der Waals surface area contributed by atoms with Gasteiger partial charge in [0.05, 0.1) is 12.4 Å². The lowest BCUT2D eigenvalue weighted by molar-refractivity contribution is 0.238. The lowest BCUT2D eigenvalue weighted by Crippen LogP contribution is -2.22. The molecule has 1 aliphatic heterocycles. The van der Waals surface area contributed by atoms with Crippen molar-refractivity contribution in [2.24, 2.45) is 11.8 Å². The van der Waals surface area contributed by atoms with Crippen molar-refractivity contribution in [3.05, 3.63) is 12.4 Å². The van der Waals surface area contributed by atoms with E-state index in [0.29, 0.717) is 11.7 Å². The van der Waals surface area contributed by atoms with Crippen molar-refractivity contribution < 1.29 is 5.11 Å². The molecule has 82 valence electrons. The third kappa shape index (κ3) is 2.16. The van der Waals surface area contributed by atoms with Gasteiger partial charge in [0.1, 0.15) is 5.82 Å². The first-order valence-corrected chi connectivity index (χ1v) is 4.98. The first kappa shape index (κ1) is 10.1. The van der Waals surface area contributed by atoms with Crippen LogP contribution in [0.4, 0.5) is 11.6 Å². The van der Waals surface area contributed by atoms with Crippen LogP contribution < -0.4 is 16.2 Å². The molecule has 1 unspecified atom stereocenters. The Morgan fingerprint density at radius 3 is 3.13 bits per heavy atom. The van der Waals surface area contributed by atoms with Gasteiger partial charge in [0, 0.05) is 25.6 Å². The second-order valence-electron chi connectivity index (χ2n) is 3.69. The summed E-state index contributed by atoms with van der Waals surface area (Å²) in [4.78, 5) is 10.4. The average molecular weight is 209 g/mol. The van der Waals surface area contributed by atoms with E-state index in [1.54, 1.807) is 12.4 Å². The van der Waals surface area contributed by atoms with Crippen LogP contribution in [-0.4, -0.2) is 34.8 Å². The second kappa shape index (κ2) is 4.41. The van der Waals surface area contributed by atoms with E-state index in [9.17, 15) is 0 Å². The van der Waals surface area contributed by atoms with Crippen molar-refractivity contribution in [2.75, 3.05) is 30.0 Å². The van der Waals surface area contributed by atoms with E-state index in [-0.39, 0.29) is 6.61 Å². The molecule has 1 atom stereocenters. The molecule has 15 heavy (non-hydrogen) atoms. The summed E-state index contributed by atoms with van der Waals surface area (Å²) in [6.45, 7) is 1.98. The quantitative estimate of drug-likeness (QED) is 0.463. The molecule has 1 aromatic heterocycles. The van der Waals surface area contributed by atoms with Crippen LogP contribution in [0.1, 0.15) is 6.42 Å². The average Bonchev–Trinajstić information content (AvgIpc) is 2.78. The molecule has 6 heteroatoms. The van der Waals surface area contributed by atoms with Crippen LogP contribution in [-0.2, 0) is 0 Å². The summed E-state index contributed by atoms with van der Waals surface area (Å²) >= 11 is 0. The van der Waals surface area contributed by atoms with Crippen molar-refractivity contribution >= 4 is 11.6 Å². The SMILES string of the molecule is NNc1cncc(N2CCC(CO)C2)n1. The minimum absolute atomic E-state index is 0.235. The predicted octanol–water partition coefficient (Wildman–Crippen LogP) is -0.419. The Morgan fingerprint density at radius 1 is 1.60 bits per heavy atom. The van der Waals surface area contributed by atoms with Gasteiger partial charge in [0.15, 0.2) is 5.82 Å². The fraction of sp³-hybridized carbons (Fsp3) is 0.556. The number of aromatic nitrogens is 2. The van der Waals surface area contributed by atoms with E-state index >= 15 is 0 Å². The maximum Gasteiger partial charge on any atom is 0.160 e. The lowest BCUT2D eigenvalue weighted by Gasteiger charge is -2.16. The van der Waals surface area contributed by atoms with E-state index in [1.165, 1.54) is 0 Å². The zero-order valence-electron chi connectivity index (χ0n) is 8.43. The fourth-order valence-corrected chi connectivity index (χ4v) is 1.77. The van der Waals surface area contributed by atoms with Gasteiger partial charge in [0.25, 0.3) is 0 Å². The summed E-state index contributed by atoms with van der Waals surface area (Å²) in [5, 5.41) is 9.04. The van der Waals surface area contributed by atoms with Gasteiger partial charge in [-0.25, -0.2) is 10.8 Å². The van der Waals surface area contributed by atoms with Gasteiger partial charge in [-0.15, -0.1) is 0 Å². The van der Waals surface area contributed by atoms with Gasteiger partial charge < -0.3 is 15.4 Å². The van der Waals surface area contributed by atoms with Crippen molar-refractivity contribution in [3.63, 3.8) is 0 Å². The van der Waals surface area contributed by atoms with Crippen LogP contribution in [0.3, 0.4) is 0 Å². The number of hydrogen-bond donors (Lipinski definition) is 3. The molecule has 0 aliphatic carbocycles. The molecule has 6 nitrogen and oxygen atoms in total. The zero-order chi connectivity index (χ0) is 10.7. The minimum atomic E-state index is 0.235. The minimum Gasteiger partial charge on any atom is -0.396 e. The Hall–Kier alpha value is -1.40. The van der Waals surface area contributed by atoms with Gasteiger partial charge in [-0.2, -0.15) is 0 Å². The first-order chi connectivity index (χ1) is 7.33. The molecule has 0 radical (unpaired) electrons. The number of aliphatic hydroxyl groups excluding tert-OH is 1. The zero-order valence-corrected chi connectivity index (χ0v) is 8.43. The van der Waals surface area contributed by atoms with Gasteiger partial charge in [-0.1, -0.05) is 0 Å². The number of nitrogens with two attached hydrogens (primary N) is 1. The van der Waals surface area contributed by atoms with E-state index in [1.807, 2.05) is 0 Å². The van der Waals surface area contributed by atoms with Crippen LogP contribution >= 0.6 is 0 Å². The van der Waals surface area contributed by atoms with Gasteiger partial charge in [-0.3, -0.25) is 4.98 Å². The molecule has 0 amide bonds. The highest BCUT2D eigenvalue weighted by Crippen LogP contribution is 2.21. The van der Waals surface area contributed by atoms with E-state index in [0.717, 1.165) is 25.3 Å². The number of nitrogens with one attached hydrogen (secondary N) is 1. The highest BCUT2D eigenvalue weighted by Gasteiger charge is 2.22. The molecule has 1 aliphatic rings. The van der Waals surface area contributed by atoms with E-state index < -0.39 is 0 Å². The Bertz CT molecular complexity index is 332. The number of rotatable bonds is 3. The van der Waals surface area contributed by atoms with Gasteiger partial charge in [0.2, 0.25) is 0 Å². The fourth-order valence-electron chi connectivity index (χ4n) is 1.77. The molecule has 1 fully saturated rings. The molecule has 1 aromatic rings. The highest BCUT2D eigenvalue weighted by atomic mass is 16.3. The standard InChI is InChI=1S/C9H15N5O/c10-13-8-3-11-4-9(12-8)14-2-1-7(5-14)6-15/h3-4,7,15H,1-2,5-6,10H2,(H,12,13). The normalized spacial score (nSPS) is 20.7. The molecule has 0 bridgehead atoms. The topological polar surface area (TPSA) is 87.3 Å². The smallest absolute Gasteiger partial charge is 0.160 e. The first-order valence-electron chi connectivity index (χ1n) is 4.98. The predicted molar refractivity (Wildman–Crippen MR) is 57.2 cm³/mol. The molecule has 0 saturated carbocycles. The van der Waals surface area contributed by atoms with Gasteiger partial charge >= 0.3 is 0 Å². The van der Waals surface area contributed by atoms with Crippen molar-refractivity contribution in [1.29, 1.82) is 0 Å². The summed E-state index contributed by atoms with van der Waals surface area (Å²) < 4.78 is 0. The molecule has 2 heterocycles. The summed E-state index contributed by atoms with van der Waals surface area (Å²) in [7, 11) is 0. The second-order valence-corrected chi connectivity index (χ2v) is 3.69. The lowest BCUT2D eigenvalue weighted by atomic mass is 10.1. The summed E-state index contributed by atoms with van der Waals surface area (Å²) in [6, 6.07) is 0. The number of nitrogens with zero attached hydrogens (tertiary/aromatic N) is 3. The molecule has 0 spiro atoms. The molecule has 4 N–H and O–H groups in total. The third-order valence-electron chi connectivity index (χ3n) is 2.64. The van der Waals surface area contributed by atoms with E-state index in [2.05, 4.69) is 20.3 Å². The summed E-state index contributed by atoms with van der Waals surface area (Å²) in [5.41, 5.74) is 2.47. The molecular formula is C9H15N5O. The Labute approximate surface area is 88.1 Å². The van der Waals surface area contributed by atoms with Crippen LogP contribution in [0.5, 0.6) is 0 Å². The largest absolute Gasteiger partial charge is 0.396 e. The van der Waals surface area contributed by atoms with Crippen molar-refractivity contribution in [1.82, 2.24) is 9.97 Å². The Balaban J connectivity index is 2.09. The molecule has 0 aromatic carbocycles. The maximum atomic E-state index is 9.04. The van der Waals surface area contributed by atoms with Crippen LogP contribution in [0, 0.1) is 5.92 Å². The summed E-state index contributed by atoms with van der Waals surface area (Å²) in [6.07, 6.45) is 4.28. The number of aliphatic hydroxyl groups is 1. The van der Waals surface area contributed by atoms with Crippen molar-refractivity contribution in [2.45, 2.75) is 6.42 Å². The van der Waals surface area contributed by atoms with E-state index in [4.69, 9.17) is 10.9 Å². The molecular weight excluding hydrogens is 194 g/mol. The Kier molecular flexibility index (Phi) is 2.98. The van der Waals surface area contributed by atoms with Crippen LogP contribution in [0.25, 0.3) is 0 Å². The summed E-state index contributed by atoms with van der Waals surface area (Å²) in [5.74, 6) is 6.97. The van der Waals surface area contributed by atoms with Crippen molar-refractivity contribution in [3.8, 4) is 0 Å². The van der Waals surface area contributed by atoms with Gasteiger partial charge in [-0.05, 0) is 6.42 Å². The molecule has 2 rings (SSSR count). The number of hydrogen-bond acceptors (Lipinski definition) is 6. The number of anilines is 2. The Morgan fingerprint density at radius 2 is 2.47 bits per heavy atom. The third-order valence-corrected chi connectivity index (χ3v) is 2.64. The number of nitrogen functional groups attached to an aromatic ring is 1. The molecule has 1 saturated heterocycles.